The molecule has 0 aromatic heterocycles. The van der Waals surface area contributed by atoms with Crippen LogP contribution in [0.3, 0.4) is 0 Å². The standard InChI is InChI=1S/C22H32BrN/c1-2-3-4-5-6-7-18-8-12-20(13-9-18)21(17-24)16-19-10-14-22(23)15-11-19/h10-11,14-15,18,20-21H,2-9,12-13,16H2,1H3. The van der Waals surface area contributed by atoms with E-state index < -0.39 is 0 Å². The quantitative estimate of drug-likeness (QED) is 0.406. The molecule has 1 aliphatic carbocycles. The molecule has 0 spiro atoms. The Morgan fingerprint density at radius 1 is 1.04 bits per heavy atom. The second-order valence-electron chi connectivity index (χ2n) is 7.55. The van der Waals surface area contributed by atoms with Crippen LogP contribution in [0.5, 0.6) is 0 Å². The Morgan fingerprint density at radius 3 is 2.33 bits per heavy atom. The molecule has 0 radical (unpaired) electrons. The highest BCUT2D eigenvalue weighted by Gasteiger charge is 2.27. The van der Waals surface area contributed by atoms with Crippen molar-refractivity contribution < 1.29 is 0 Å². The predicted molar refractivity (Wildman–Crippen MR) is 106 cm³/mol. The molecule has 1 fully saturated rings. The average Bonchev–Trinajstić information content (AvgIpc) is 2.62. The monoisotopic (exact) mass is 389 g/mol. The Kier molecular flexibility index (Phi) is 8.89. The summed E-state index contributed by atoms with van der Waals surface area (Å²) >= 11 is 3.48. The number of benzene rings is 1. The van der Waals surface area contributed by atoms with Crippen molar-refractivity contribution in [2.24, 2.45) is 17.8 Å². The molecule has 1 atom stereocenters. The molecule has 0 amide bonds. The van der Waals surface area contributed by atoms with Crippen LogP contribution < -0.4 is 0 Å². The van der Waals surface area contributed by atoms with Crippen LogP contribution in [0.25, 0.3) is 0 Å². The van der Waals surface area contributed by atoms with Crippen LogP contribution in [0, 0.1) is 29.1 Å². The van der Waals surface area contributed by atoms with Gasteiger partial charge in [0.05, 0.1) is 12.0 Å². The van der Waals surface area contributed by atoms with E-state index in [0.717, 1.165) is 16.8 Å². The molecule has 1 nitrogen and oxygen atoms in total. The highest BCUT2D eigenvalue weighted by atomic mass is 79.9. The van der Waals surface area contributed by atoms with Gasteiger partial charge in [0.1, 0.15) is 0 Å². The van der Waals surface area contributed by atoms with Crippen molar-refractivity contribution in [1.82, 2.24) is 0 Å². The number of hydrogen-bond donors (Lipinski definition) is 0. The molecule has 1 saturated carbocycles. The lowest BCUT2D eigenvalue weighted by molar-refractivity contribution is 0.220. The van der Waals surface area contributed by atoms with Crippen molar-refractivity contribution >= 4 is 15.9 Å². The number of nitrogens with zero attached hydrogens (tertiary/aromatic N) is 1. The van der Waals surface area contributed by atoms with Gasteiger partial charge in [0, 0.05) is 4.47 Å². The van der Waals surface area contributed by atoms with E-state index in [9.17, 15) is 5.26 Å². The van der Waals surface area contributed by atoms with Gasteiger partial charge in [-0.15, -0.1) is 0 Å². The van der Waals surface area contributed by atoms with E-state index in [1.54, 1.807) is 0 Å². The van der Waals surface area contributed by atoms with Crippen molar-refractivity contribution in [3.05, 3.63) is 34.3 Å². The molecule has 132 valence electrons. The summed E-state index contributed by atoms with van der Waals surface area (Å²) in [6, 6.07) is 11.1. The van der Waals surface area contributed by atoms with E-state index in [1.165, 1.54) is 69.8 Å². The minimum absolute atomic E-state index is 0.191. The molecule has 2 heteroatoms. The number of hydrogen-bond acceptors (Lipinski definition) is 1. The molecule has 1 aliphatic rings. The first-order valence-electron chi connectivity index (χ1n) is 9.87. The van der Waals surface area contributed by atoms with Gasteiger partial charge in [-0.2, -0.15) is 5.26 Å². The van der Waals surface area contributed by atoms with Gasteiger partial charge in [-0.05, 0) is 48.8 Å². The zero-order valence-corrected chi connectivity index (χ0v) is 16.7. The van der Waals surface area contributed by atoms with Crippen molar-refractivity contribution in [1.29, 1.82) is 5.26 Å². The molecule has 0 bridgehead atoms. The first-order chi connectivity index (χ1) is 11.7. The van der Waals surface area contributed by atoms with Crippen molar-refractivity contribution in [3.63, 3.8) is 0 Å². The molecule has 0 saturated heterocycles. The fraction of sp³-hybridized carbons (Fsp3) is 0.682. The Bertz CT molecular complexity index is 494. The Hall–Kier alpha value is -0.810. The van der Waals surface area contributed by atoms with E-state index in [0.29, 0.717) is 5.92 Å². The molecule has 24 heavy (non-hydrogen) atoms. The smallest absolute Gasteiger partial charge is 0.0662 e. The lowest BCUT2D eigenvalue weighted by Crippen LogP contribution is -2.22. The van der Waals surface area contributed by atoms with E-state index in [1.807, 2.05) is 0 Å². The van der Waals surface area contributed by atoms with Gasteiger partial charge in [0.25, 0.3) is 0 Å². The normalized spacial score (nSPS) is 22.0. The molecule has 0 N–H and O–H groups in total. The summed E-state index contributed by atoms with van der Waals surface area (Å²) in [5, 5.41) is 9.62. The Morgan fingerprint density at radius 2 is 1.71 bits per heavy atom. The van der Waals surface area contributed by atoms with Crippen LogP contribution in [-0.4, -0.2) is 0 Å². The summed E-state index contributed by atoms with van der Waals surface area (Å²) < 4.78 is 1.11. The number of unbranched alkanes of at least 4 members (excludes halogenated alkanes) is 4. The molecule has 1 aromatic rings. The minimum atomic E-state index is 0.191. The predicted octanol–water partition coefficient (Wildman–Crippen LogP) is 7.30. The second kappa shape index (κ2) is 10.9. The summed E-state index contributed by atoms with van der Waals surface area (Å²) in [6.07, 6.45) is 14.5. The first-order valence-corrected chi connectivity index (χ1v) is 10.7. The molecule has 0 heterocycles. The van der Waals surface area contributed by atoms with Gasteiger partial charge in [-0.1, -0.05) is 86.4 Å². The van der Waals surface area contributed by atoms with E-state index in [2.05, 4.69) is 53.2 Å². The Balaban J connectivity index is 1.71. The number of nitriles is 1. The van der Waals surface area contributed by atoms with Crippen molar-refractivity contribution in [2.45, 2.75) is 77.6 Å². The molecular weight excluding hydrogens is 358 g/mol. The summed E-state index contributed by atoms with van der Waals surface area (Å²) in [5.74, 6) is 1.72. The molecule has 2 rings (SSSR count). The summed E-state index contributed by atoms with van der Waals surface area (Å²) in [5.41, 5.74) is 1.29. The summed E-state index contributed by atoms with van der Waals surface area (Å²) in [4.78, 5) is 0. The van der Waals surface area contributed by atoms with Gasteiger partial charge in [-0.3, -0.25) is 0 Å². The second-order valence-corrected chi connectivity index (χ2v) is 8.47. The van der Waals surface area contributed by atoms with Crippen molar-refractivity contribution in [3.8, 4) is 6.07 Å². The third-order valence-corrected chi connectivity index (χ3v) is 6.24. The van der Waals surface area contributed by atoms with Gasteiger partial charge in [-0.25, -0.2) is 0 Å². The third-order valence-electron chi connectivity index (χ3n) is 5.71. The molecule has 1 aromatic carbocycles. The van der Waals surface area contributed by atoms with E-state index in [4.69, 9.17) is 0 Å². The minimum Gasteiger partial charge on any atom is -0.198 e. The van der Waals surface area contributed by atoms with Crippen LogP contribution in [-0.2, 0) is 6.42 Å². The Labute approximate surface area is 157 Å². The average molecular weight is 390 g/mol. The SMILES string of the molecule is CCCCCCCC1CCC(C(C#N)Cc2ccc(Br)cc2)CC1. The highest BCUT2D eigenvalue weighted by Crippen LogP contribution is 2.37. The fourth-order valence-electron chi connectivity index (χ4n) is 4.11. The molecule has 1 unspecified atom stereocenters. The molecular formula is C22H32BrN. The van der Waals surface area contributed by atoms with Crippen LogP contribution in [0.4, 0.5) is 0 Å². The van der Waals surface area contributed by atoms with Gasteiger partial charge in [0.15, 0.2) is 0 Å². The maximum Gasteiger partial charge on any atom is 0.0662 e. The maximum atomic E-state index is 9.62. The molecule has 0 aliphatic heterocycles. The van der Waals surface area contributed by atoms with Gasteiger partial charge < -0.3 is 0 Å². The van der Waals surface area contributed by atoms with Gasteiger partial charge >= 0.3 is 0 Å². The largest absolute Gasteiger partial charge is 0.198 e. The zero-order valence-electron chi connectivity index (χ0n) is 15.1. The summed E-state index contributed by atoms with van der Waals surface area (Å²) in [6.45, 7) is 2.28. The van der Waals surface area contributed by atoms with E-state index in [-0.39, 0.29) is 5.92 Å². The summed E-state index contributed by atoms with van der Waals surface area (Å²) in [7, 11) is 0. The lowest BCUT2D eigenvalue weighted by atomic mass is 9.73. The fourth-order valence-corrected chi connectivity index (χ4v) is 4.37. The van der Waals surface area contributed by atoms with Gasteiger partial charge in [0.2, 0.25) is 0 Å². The number of halogens is 1. The zero-order chi connectivity index (χ0) is 17.2. The topological polar surface area (TPSA) is 23.8 Å². The van der Waals surface area contributed by atoms with Crippen LogP contribution in [0.15, 0.2) is 28.7 Å². The van der Waals surface area contributed by atoms with E-state index >= 15 is 0 Å². The van der Waals surface area contributed by atoms with Crippen LogP contribution in [0.1, 0.15) is 76.7 Å². The van der Waals surface area contributed by atoms with Crippen LogP contribution in [0.2, 0.25) is 0 Å². The van der Waals surface area contributed by atoms with Crippen molar-refractivity contribution in [2.75, 3.05) is 0 Å². The highest BCUT2D eigenvalue weighted by molar-refractivity contribution is 9.10. The number of rotatable bonds is 9. The van der Waals surface area contributed by atoms with Crippen LogP contribution >= 0.6 is 15.9 Å². The lowest BCUT2D eigenvalue weighted by Gasteiger charge is -2.31. The third kappa shape index (κ3) is 6.60. The maximum absolute atomic E-state index is 9.62. The first kappa shape index (κ1) is 19.5.